The lowest BCUT2D eigenvalue weighted by Gasteiger charge is -2.13. The Morgan fingerprint density at radius 2 is 2.00 bits per heavy atom. The summed E-state index contributed by atoms with van der Waals surface area (Å²) in [5.74, 6) is 4.00. The number of nitrogens with one attached hydrogen (secondary N) is 2. The van der Waals surface area contributed by atoms with E-state index < -0.39 is 0 Å². The third-order valence-electron chi connectivity index (χ3n) is 5.38. The topological polar surface area (TPSA) is 67.1 Å². The first kappa shape index (κ1) is 17.2. The van der Waals surface area contributed by atoms with Gasteiger partial charge in [-0.1, -0.05) is 32.1 Å². The maximum Gasteiger partial charge on any atom is 0.191 e. The molecule has 1 aromatic heterocycles. The highest BCUT2D eigenvalue weighted by Crippen LogP contribution is 2.28. The SMILES string of the molecule is CN=C(NCCCC1CCCC1)NCc1nnc2n1CCCCC2. The van der Waals surface area contributed by atoms with Crippen LogP contribution in [0.4, 0.5) is 0 Å². The Morgan fingerprint density at radius 3 is 2.83 bits per heavy atom. The van der Waals surface area contributed by atoms with E-state index in [2.05, 4.69) is 30.4 Å². The van der Waals surface area contributed by atoms with Gasteiger partial charge in [0.05, 0.1) is 6.54 Å². The molecule has 2 heterocycles. The molecule has 0 saturated heterocycles. The fraction of sp³-hybridized carbons (Fsp3) is 0.833. The molecule has 0 atom stereocenters. The Kier molecular flexibility index (Phi) is 6.49. The molecule has 1 fully saturated rings. The van der Waals surface area contributed by atoms with E-state index in [0.717, 1.165) is 43.0 Å². The first-order valence-electron chi connectivity index (χ1n) is 9.72. The second-order valence-corrected chi connectivity index (χ2v) is 7.14. The van der Waals surface area contributed by atoms with Crippen molar-refractivity contribution in [1.29, 1.82) is 0 Å². The lowest BCUT2D eigenvalue weighted by atomic mass is 10.0. The first-order valence-corrected chi connectivity index (χ1v) is 9.72. The Bertz CT molecular complexity index is 530. The van der Waals surface area contributed by atoms with Gasteiger partial charge in [0.15, 0.2) is 11.8 Å². The zero-order chi connectivity index (χ0) is 16.6. The van der Waals surface area contributed by atoms with Crippen LogP contribution in [0, 0.1) is 5.92 Å². The Balaban J connectivity index is 1.40. The second-order valence-electron chi connectivity index (χ2n) is 7.14. The Hall–Kier alpha value is -1.59. The van der Waals surface area contributed by atoms with Gasteiger partial charge in [0, 0.05) is 26.6 Å². The predicted octanol–water partition coefficient (Wildman–Crippen LogP) is 2.64. The van der Waals surface area contributed by atoms with E-state index in [1.807, 2.05) is 7.05 Å². The summed E-state index contributed by atoms with van der Waals surface area (Å²) in [6.45, 7) is 2.73. The summed E-state index contributed by atoms with van der Waals surface area (Å²) in [4.78, 5) is 4.32. The minimum Gasteiger partial charge on any atom is -0.356 e. The quantitative estimate of drug-likeness (QED) is 0.477. The lowest BCUT2D eigenvalue weighted by molar-refractivity contribution is 0.481. The summed E-state index contributed by atoms with van der Waals surface area (Å²) in [5, 5.41) is 15.5. The van der Waals surface area contributed by atoms with Gasteiger partial charge in [-0.3, -0.25) is 4.99 Å². The molecule has 1 aromatic rings. The summed E-state index contributed by atoms with van der Waals surface area (Å²) >= 11 is 0. The van der Waals surface area contributed by atoms with Crippen molar-refractivity contribution >= 4 is 5.96 Å². The molecule has 1 saturated carbocycles. The van der Waals surface area contributed by atoms with E-state index >= 15 is 0 Å². The van der Waals surface area contributed by atoms with Crippen LogP contribution in [-0.2, 0) is 19.5 Å². The van der Waals surface area contributed by atoms with Crippen LogP contribution in [0.1, 0.15) is 69.4 Å². The highest BCUT2D eigenvalue weighted by molar-refractivity contribution is 5.79. The van der Waals surface area contributed by atoms with Crippen LogP contribution < -0.4 is 10.6 Å². The third kappa shape index (κ3) is 4.71. The monoisotopic (exact) mass is 332 g/mol. The molecule has 0 bridgehead atoms. The van der Waals surface area contributed by atoms with Crippen molar-refractivity contribution in [2.24, 2.45) is 10.9 Å². The van der Waals surface area contributed by atoms with Gasteiger partial charge in [-0.15, -0.1) is 10.2 Å². The smallest absolute Gasteiger partial charge is 0.191 e. The van der Waals surface area contributed by atoms with E-state index in [-0.39, 0.29) is 0 Å². The molecule has 1 aliphatic heterocycles. The highest BCUT2D eigenvalue weighted by Gasteiger charge is 2.15. The van der Waals surface area contributed by atoms with Crippen LogP contribution in [0.5, 0.6) is 0 Å². The largest absolute Gasteiger partial charge is 0.356 e. The molecule has 0 unspecified atom stereocenters. The van der Waals surface area contributed by atoms with E-state index in [9.17, 15) is 0 Å². The number of aliphatic imine (C=N–C) groups is 1. The van der Waals surface area contributed by atoms with Crippen molar-refractivity contribution < 1.29 is 0 Å². The molecule has 24 heavy (non-hydrogen) atoms. The van der Waals surface area contributed by atoms with Gasteiger partial charge in [-0.05, 0) is 31.6 Å². The number of aromatic nitrogens is 3. The second kappa shape index (κ2) is 9.04. The fourth-order valence-corrected chi connectivity index (χ4v) is 3.96. The normalized spacial score (nSPS) is 19.1. The molecule has 2 aliphatic rings. The number of nitrogens with zero attached hydrogens (tertiary/aromatic N) is 4. The number of aryl methyl sites for hydroxylation is 1. The molecular weight excluding hydrogens is 300 g/mol. The van der Waals surface area contributed by atoms with Crippen molar-refractivity contribution in [3.63, 3.8) is 0 Å². The molecular formula is C18H32N6. The lowest BCUT2D eigenvalue weighted by Crippen LogP contribution is -2.38. The molecule has 134 valence electrons. The number of rotatable bonds is 6. The van der Waals surface area contributed by atoms with Crippen molar-refractivity contribution in [1.82, 2.24) is 25.4 Å². The van der Waals surface area contributed by atoms with Crippen molar-refractivity contribution in [2.75, 3.05) is 13.6 Å². The zero-order valence-corrected chi connectivity index (χ0v) is 15.1. The molecule has 0 radical (unpaired) electrons. The molecule has 0 spiro atoms. The van der Waals surface area contributed by atoms with E-state index in [1.165, 1.54) is 57.8 Å². The van der Waals surface area contributed by atoms with Crippen LogP contribution in [0.3, 0.4) is 0 Å². The third-order valence-corrected chi connectivity index (χ3v) is 5.38. The van der Waals surface area contributed by atoms with E-state index in [1.54, 1.807) is 0 Å². The summed E-state index contributed by atoms with van der Waals surface area (Å²) in [5.41, 5.74) is 0. The van der Waals surface area contributed by atoms with Gasteiger partial charge in [0.25, 0.3) is 0 Å². The van der Waals surface area contributed by atoms with Gasteiger partial charge in [0.2, 0.25) is 0 Å². The van der Waals surface area contributed by atoms with Gasteiger partial charge in [-0.2, -0.15) is 0 Å². The summed E-state index contributed by atoms with van der Waals surface area (Å²) < 4.78 is 2.29. The van der Waals surface area contributed by atoms with Crippen LogP contribution in [0.25, 0.3) is 0 Å². The van der Waals surface area contributed by atoms with Crippen LogP contribution in [0.2, 0.25) is 0 Å². The predicted molar refractivity (Wildman–Crippen MR) is 97.0 cm³/mol. The maximum absolute atomic E-state index is 4.36. The van der Waals surface area contributed by atoms with Crippen LogP contribution in [0.15, 0.2) is 4.99 Å². The summed E-state index contributed by atoms with van der Waals surface area (Å²) in [6.07, 6.45) is 13.1. The zero-order valence-electron chi connectivity index (χ0n) is 15.1. The average Bonchev–Trinajstić information content (AvgIpc) is 3.19. The molecule has 6 heteroatoms. The number of guanidine groups is 1. The average molecular weight is 332 g/mol. The molecule has 6 nitrogen and oxygen atoms in total. The maximum atomic E-state index is 4.36. The van der Waals surface area contributed by atoms with Gasteiger partial charge < -0.3 is 15.2 Å². The minimum atomic E-state index is 0.690. The molecule has 2 N–H and O–H groups in total. The highest BCUT2D eigenvalue weighted by atomic mass is 15.3. The van der Waals surface area contributed by atoms with Gasteiger partial charge >= 0.3 is 0 Å². The van der Waals surface area contributed by atoms with Crippen molar-refractivity contribution in [2.45, 2.75) is 77.3 Å². The number of hydrogen-bond acceptors (Lipinski definition) is 3. The molecule has 1 aliphatic carbocycles. The van der Waals surface area contributed by atoms with E-state index in [4.69, 9.17) is 0 Å². The van der Waals surface area contributed by atoms with Crippen molar-refractivity contribution in [3.05, 3.63) is 11.6 Å². The minimum absolute atomic E-state index is 0.690. The van der Waals surface area contributed by atoms with Crippen LogP contribution in [-0.4, -0.2) is 34.3 Å². The van der Waals surface area contributed by atoms with Gasteiger partial charge in [-0.25, -0.2) is 0 Å². The van der Waals surface area contributed by atoms with E-state index in [0.29, 0.717) is 6.54 Å². The molecule has 0 aromatic carbocycles. The van der Waals surface area contributed by atoms with Gasteiger partial charge in [0.1, 0.15) is 5.82 Å². The summed E-state index contributed by atoms with van der Waals surface area (Å²) in [6, 6.07) is 0. The Morgan fingerprint density at radius 1 is 1.12 bits per heavy atom. The number of hydrogen-bond donors (Lipinski definition) is 2. The fourth-order valence-electron chi connectivity index (χ4n) is 3.96. The van der Waals surface area contributed by atoms with Crippen molar-refractivity contribution in [3.8, 4) is 0 Å². The summed E-state index contributed by atoms with van der Waals surface area (Å²) in [7, 11) is 1.83. The molecule has 0 amide bonds. The Labute approximate surface area is 145 Å². The first-order chi connectivity index (χ1) is 11.9. The molecule has 3 rings (SSSR count). The van der Waals surface area contributed by atoms with Crippen LogP contribution >= 0.6 is 0 Å². The number of fused-ring (bicyclic) bond motifs is 1. The standard InChI is InChI=1S/C18H32N6/c1-19-18(20-12-7-10-15-8-4-5-9-15)21-14-17-23-22-16-11-3-2-6-13-24(16)17/h15H,2-14H2,1H3,(H2,19,20,21).